The second-order valence-corrected chi connectivity index (χ2v) is 2.82. The summed E-state index contributed by atoms with van der Waals surface area (Å²) in [5, 5.41) is 1.99. The van der Waals surface area contributed by atoms with E-state index in [1.807, 2.05) is 23.6 Å². The summed E-state index contributed by atoms with van der Waals surface area (Å²) in [7, 11) is 0. The smallest absolute Gasteiger partial charge is 0.0545 e. The Labute approximate surface area is 71.2 Å². The van der Waals surface area contributed by atoms with Crippen LogP contribution in [0.2, 0.25) is 0 Å². The van der Waals surface area contributed by atoms with E-state index >= 15 is 0 Å². The van der Waals surface area contributed by atoms with Crippen LogP contribution in [0.4, 0.5) is 0 Å². The zero-order valence-corrected chi connectivity index (χ0v) is 7.05. The van der Waals surface area contributed by atoms with E-state index in [-0.39, 0.29) is 0 Å². The molecule has 0 atom stereocenters. The molecule has 1 heterocycles. The Hall–Kier alpha value is -0.890. The predicted molar refractivity (Wildman–Crippen MR) is 48.4 cm³/mol. The van der Waals surface area contributed by atoms with Gasteiger partial charge in [0.1, 0.15) is 0 Å². The first-order chi connectivity index (χ1) is 5.43. The van der Waals surface area contributed by atoms with Crippen molar-refractivity contribution in [2.45, 2.75) is 12.8 Å². The average molecular weight is 164 g/mol. The van der Waals surface area contributed by atoms with Crippen LogP contribution < -0.4 is 0 Å². The molecule has 57 valence electrons. The standard InChI is InChI=1S/C9H10NS/c1-2-3-4-5-6-9-7-8-11-10-9/h1-4,7-8H,5-6H2/b2-1?,4-3+. The van der Waals surface area contributed by atoms with Crippen LogP contribution in [0.5, 0.6) is 0 Å². The van der Waals surface area contributed by atoms with Gasteiger partial charge in [-0.3, -0.25) is 0 Å². The molecular weight excluding hydrogens is 154 g/mol. The molecule has 0 fully saturated rings. The molecule has 2 heteroatoms. The van der Waals surface area contributed by atoms with E-state index in [1.165, 1.54) is 11.5 Å². The van der Waals surface area contributed by atoms with Gasteiger partial charge in [-0.2, -0.15) is 4.37 Å². The lowest BCUT2D eigenvalue weighted by Gasteiger charge is -1.87. The minimum Gasteiger partial charge on any atom is -0.198 e. The molecule has 1 aromatic rings. The van der Waals surface area contributed by atoms with Crippen molar-refractivity contribution in [2.75, 3.05) is 0 Å². The molecule has 1 rings (SSSR count). The van der Waals surface area contributed by atoms with E-state index in [2.05, 4.69) is 4.37 Å². The van der Waals surface area contributed by atoms with E-state index in [4.69, 9.17) is 6.58 Å². The Morgan fingerprint density at radius 3 is 3.18 bits per heavy atom. The van der Waals surface area contributed by atoms with Crippen molar-refractivity contribution in [1.82, 2.24) is 4.37 Å². The summed E-state index contributed by atoms with van der Waals surface area (Å²) in [4.78, 5) is 0. The van der Waals surface area contributed by atoms with Crippen LogP contribution in [0, 0.1) is 6.58 Å². The van der Waals surface area contributed by atoms with Gasteiger partial charge in [0.2, 0.25) is 0 Å². The molecule has 1 nitrogen and oxygen atoms in total. The molecule has 0 bridgehead atoms. The van der Waals surface area contributed by atoms with E-state index in [1.54, 1.807) is 6.08 Å². The predicted octanol–water partition coefficient (Wildman–Crippen LogP) is 2.62. The van der Waals surface area contributed by atoms with Crippen molar-refractivity contribution in [2.24, 2.45) is 0 Å². The third-order valence-corrected chi connectivity index (χ3v) is 1.90. The molecule has 1 aromatic heterocycles. The Morgan fingerprint density at radius 1 is 1.64 bits per heavy atom. The number of rotatable bonds is 4. The van der Waals surface area contributed by atoms with Gasteiger partial charge < -0.3 is 0 Å². The molecule has 0 saturated heterocycles. The van der Waals surface area contributed by atoms with Gasteiger partial charge in [-0.25, -0.2) is 0 Å². The van der Waals surface area contributed by atoms with Gasteiger partial charge >= 0.3 is 0 Å². The number of nitrogens with zero attached hydrogens (tertiary/aromatic N) is 1. The largest absolute Gasteiger partial charge is 0.198 e. The van der Waals surface area contributed by atoms with Gasteiger partial charge in [-0.15, -0.1) is 0 Å². The Bertz CT molecular complexity index is 224. The van der Waals surface area contributed by atoms with Gasteiger partial charge in [0.25, 0.3) is 0 Å². The molecule has 0 aromatic carbocycles. The highest BCUT2D eigenvalue weighted by atomic mass is 32.1. The first-order valence-electron chi connectivity index (χ1n) is 3.53. The average Bonchev–Trinajstić information content (AvgIpc) is 2.50. The SMILES string of the molecule is [CH]=C/C=C/CCc1ccsn1. The quantitative estimate of drug-likeness (QED) is 0.623. The fourth-order valence-electron chi connectivity index (χ4n) is 0.773. The summed E-state index contributed by atoms with van der Waals surface area (Å²) in [6.07, 6.45) is 7.46. The Balaban J connectivity index is 2.23. The summed E-state index contributed by atoms with van der Waals surface area (Å²) < 4.78 is 4.18. The zero-order valence-electron chi connectivity index (χ0n) is 6.23. The molecule has 0 aliphatic heterocycles. The summed E-state index contributed by atoms with van der Waals surface area (Å²) in [5.41, 5.74) is 1.16. The second kappa shape index (κ2) is 4.85. The van der Waals surface area contributed by atoms with Crippen molar-refractivity contribution >= 4 is 11.5 Å². The Morgan fingerprint density at radius 2 is 2.55 bits per heavy atom. The fourth-order valence-corrected chi connectivity index (χ4v) is 1.34. The lowest BCUT2D eigenvalue weighted by atomic mass is 10.2. The molecule has 0 N–H and O–H groups in total. The molecule has 1 radical (unpaired) electrons. The van der Waals surface area contributed by atoms with Crippen LogP contribution in [0.25, 0.3) is 0 Å². The number of hydrogen-bond donors (Lipinski definition) is 0. The summed E-state index contributed by atoms with van der Waals surface area (Å²) in [5.74, 6) is 0. The summed E-state index contributed by atoms with van der Waals surface area (Å²) >= 11 is 1.50. The number of aryl methyl sites for hydroxylation is 1. The maximum atomic E-state index is 5.16. The topological polar surface area (TPSA) is 12.9 Å². The molecule has 0 saturated carbocycles. The van der Waals surface area contributed by atoms with Crippen LogP contribution in [-0.4, -0.2) is 4.37 Å². The maximum Gasteiger partial charge on any atom is 0.0545 e. The number of aromatic nitrogens is 1. The van der Waals surface area contributed by atoms with Gasteiger partial charge in [0.05, 0.1) is 5.69 Å². The lowest BCUT2D eigenvalue weighted by molar-refractivity contribution is 0.971. The van der Waals surface area contributed by atoms with Gasteiger partial charge in [0.15, 0.2) is 0 Å². The molecule has 0 aliphatic rings. The molecule has 0 spiro atoms. The first kappa shape index (κ1) is 8.21. The zero-order chi connectivity index (χ0) is 7.94. The lowest BCUT2D eigenvalue weighted by Crippen LogP contribution is -1.80. The molecular formula is C9H10NS. The van der Waals surface area contributed by atoms with Gasteiger partial charge in [-0.1, -0.05) is 24.8 Å². The van der Waals surface area contributed by atoms with Crippen molar-refractivity contribution < 1.29 is 0 Å². The minimum atomic E-state index is 1.01. The van der Waals surface area contributed by atoms with E-state index in [0.29, 0.717) is 0 Å². The minimum absolute atomic E-state index is 1.01. The molecule has 0 unspecified atom stereocenters. The van der Waals surface area contributed by atoms with Crippen LogP contribution in [0.3, 0.4) is 0 Å². The molecule has 0 amide bonds. The maximum absolute atomic E-state index is 5.16. The highest BCUT2D eigenvalue weighted by Crippen LogP contribution is 2.03. The number of hydrogen-bond acceptors (Lipinski definition) is 2. The van der Waals surface area contributed by atoms with E-state index in [0.717, 1.165) is 18.5 Å². The van der Waals surface area contributed by atoms with Crippen LogP contribution in [-0.2, 0) is 6.42 Å². The molecule has 11 heavy (non-hydrogen) atoms. The molecule has 0 aliphatic carbocycles. The Kier molecular flexibility index (Phi) is 3.62. The second-order valence-electron chi connectivity index (χ2n) is 2.15. The van der Waals surface area contributed by atoms with Crippen LogP contribution in [0.1, 0.15) is 12.1 Å². The number of allylic oxidation sites excluding steroid dienone is 3. The van der Waals surface area contributed by atoms with E-state index in [9.17, 15) is 0 Å². The fraction of sp³-hybridized carbons (Fsp3) is 0.222. The van der Waals surface area contributed by atoms with Crippen molar-refractivity contribution in [3.05, 3.63) is 41.9 Å². The summed E-state index contributed by atoms with van der Waals surface area (Å²) in [6.45, 7) is 5.16. The monoisotopic (exact) mass is 164 g/mol. The highest BCUT2D eigenvalue weighted by Gasteiger charge is 1.90. The van der Waals surface area contributed by atoms with Gasteiger partial charge in [0, 0.05) is 5.38 Å². The van der Waals surface area contributed by atoms with Crippen molar-refractivity contribution in [1.29, 1.82) is 0 Å². The van der Waals surface area contributed by atoms with Gasteiger partial charge in [-0.05, 0) is 30.4 Å². The third-order valence-electron chi connectivity index (χ3n) is 1.31. The van der Waals surface area contributed by atoms with Crippen molar-refractivity contribution in [3.63, 3.8) is 0 Å². The summed E-state index contributed by atoms with van der Waals surface area (Å²) in [6, 6.07) is 2.05. The first-order valence-corrected chi connectivity index (χ1v) is 4.36. The highest BCUT2D eigenvalue weighted by molar-refractivity contribution is 7.03. The van der Waals surface area contributed by atoms with Crippen LogP contribution >= 0.6 is 11.5 Å². The van der Waals surface area contributed by atoms with Crippen molar-refractivity contribution in [3.8, 4) is 0 Å². The third kappa shape index (κ3) is 3.14. The van der Waals surface area contributed by atoms with E-state index < -0.39 is 0 Å². The van der Waals surface area contributed by atoms with Crippen LogP contribution in [0.15, 0.2) is 29.7 Å². The normalized spacial score (nSPS) is 10.5.